The Morgan fingerprint density at radius 3 is 3.00 bits per heavy atom. The van der Waals surface area contributed by atoms with Gasteiger partial charge in [0.15, 0.2) is 0 Å². The van der Waals surface area contributed by atoms with Crippen molar-refractivity contribution in [3.05, 3.63) is 0 Å². The quantitative estimate of drug-likeness (QED) is 0.289. The summed E-state index contributed by atoms with van der Waals surface area (Å²) in [7, 11) is 3.84. The summed E-state index contributed by atoms with van der Waals surface area (Å²) >= 11 is 0. The van der Waals surface area contributed by atoms with Crippen molar-refractivity contribution >= 4 is 34.0 Å². The zero-order valence-corrected chi connectivity index (χ0v) is 10.7. The summed E-state index contributed by atoms with van der Waals surface area (Å²) in [4.78, 5) is 21.0. The Labute approximate surface area is 103 Å². The number of ether oxygens (including phenoxy) is 2. The molecule has 0 aromatic heterocycles. The van der Waals surface area contributed by atoms with Crippen LogP contribution in [0.4, 0.5) is 0 Å². The first-order chi connectivity index (χ1) is 7.83. The fourth-order valence-electron chi connectivity index (χ4n) is 1.36. The predicted molar refractivity (Wildman–Crippen MR) is 65.3 cm³/mol. The number of hydrogen-bond acceptors (Lipinski definition) is 6. The van der Waals surface area contributed by atoms with Gasteiger partial charge < -0.3 is 9.47 Å². The molecule has 0 saturated carbocycles. The number of hydrogen-bond donors (Lipinski definition) is 0. The average molecular weight is 264 g/mol. The molecule has 0 spiro atoms. The zero-order valence-electron chi connectivity index (χ0n) is 9.05. The molecule has 92 valence electrons. The molecule has 0 amide bonds. The van der Waals surface area contributed by atoms with E-state index >= 15 is 0 Å². The van der Waals surface area contributed by atoms with Gasteiger partial charge in [-0.25, -0.2) is 0 Å². The highest BCUT2D eigenvalue weighted by Crippen LogP contribution is 2.39. The van der Waals surface area contributed by atoms with Gasteiger partial charge in [0.25, 0.3) is 6.47 Å². The van der Waals surface area contributed by atoms with Gasteiger partial charge in [-0.05, 0) is 19.3 Å². The monoisotopic (exact) mass is 264 g/mol. The zero-order chi connectivity index (χ0) is 11.6. The van der Waals surface area contributed by atoms with Gasteiger partial charge in [-0.3, -0.25) is 9.59 Å². The summed E-state index contributed by atoms with van der Waals surface area (Å²) in [5.74, 6) is 1.02. The Morgan fingerprint density at radius 1 is 1.44 bits per heavy atom. The Hall–Kier alpha value is -0.360. The third-order valence-electron chi connectivity index (χ3n) is 2.17. The molecule has 1 saturated heterocycles. The van der Waals surface area contributed by atoms with Crippen LogP contribution in [0.2, 0.25) is 0 Å². The topological polar surface area (TPSA) is 52.6 Å². The smallest absolute Gasteiger partial charge is 0.305 e. The molecule has 1 aliphatic rings. The summed E-state index contributed by atoms with van der Waals surface area (Å²) < 4.78 is 9.28. The van der Waals surface area contributed by atoms with Gasteiger partial charge in [0.2, 0.25) is 0 Å². The summed E-state index contributed by atoms with van der Waals surface area (Å²) in [6.07, 6.45) is 3.67. The van der Waals surface area contributed by atoms with E-state index in [-0.39, 0.29) is 19.2 Å². The van der Waals surface area contributed by atoms with Gasteiger partial charge in [-0.2, -0.15) is 0 Å². The lowest BCUT2D eigenvalue weighted by Crippen LogP contribution is -2.10. The molecular weight excluding hydrogens is 248 g/mol. The number of carbonyl (C=O) groups excluding carboxylic acids is 2. The minimum Gasteiger partial charge on any atom is -0.464 e. The van der Waals surface area contributed by atoms with E-state index in [4.69, 9.17) is 4.74 Å². The van der Waals surface area contributed by atoms with Crippen molar-refractivity contribution in [3.63, 3.8) is 0 Å². The van der Waals surface area contributed by atoms with Gasteiger partial charge in [0.05, 0.1) is 0 Å². The first kappa shape index (κ1) is 13.7. The van der Waals surface area contributed by atoms with Crippen LogP contribution < -0.4 is 0 Å². The molecule has 4 nitrogen and oxygen atoms in total. The third-order valence-corrected chi connectivity index (χ3v) is 5.17. The molecule has 1 fully saturated rings. The SMILES string of the molecule is O=COCCOC(=O)CCCC1CCSS1. The number of rotatable bonds is 8. The molecule has 0 bridgehead atoms. The lowest BCUT2D eigenvalue weighted by atomic mass is 10.1. The van der Waals surface area contributed by atoms with Gasteiger partial charge in [-0.15, -0.1) is 0 Å². The van der Waals surface area contributed by atoms with Gasteiger partial charge >= 0.3 is 5.97 Å². The fraction of sp³-hybridized carbons (Fsp3) is 0.800. The second kappa shape index (κ2) is 8.75. The van der Waals surface area contributed by atoms with Crippen molar-refractivity contribution in [1.29, 1.82) is 0 Å². The lowest BCUT2D eigenvalue weighted by molar-refractivity contribution is -0.147. The molecule has 0 aromatic carbocycles. The molecule has 0 N–H and O–H groups in total. The van der Waals surface area contributed by atoms with Crippen molar-refractivity contribution in [2.24, 2.45) is 0 Å². The molecule has 1 aliphatic heterocycles. The predicted octanol–water partition coefficient (Wildman–Crippen LogP) is 2.03. The van der Waals surface area contributed by atoms with E-state index in [1.54, 1.807) is 0 Å². The number of carbonyl (C=O) groups is 2. The second-order valence-electron chi connectivity index (χ2n) is 3.41. The maximum absolute atomic E-state index is 11.2. The highest BCUT2D eigenvalue weighted by Gasteiger charge is 2.16. The molecule has 1 atom stereocenters. The minimum atomic E-state index is -0.204. The second-order valence-corrected chi connectivity index (χ2v) is 6.20. The Balaban J connectivity index is 1.91. The summed E-state index contributed by atoms with van der Waals surface area (Å²) in [5, 5.41) is 0.705. The summed E-state index contributed by atoms with van der Waals surface area (Å²) in [6.45, 7) is 0.652. The largest absolute Gasteiger partial charge is 0.464 e. The van der Waals surface area contributed by atoms with E-state index in [1.807, 2.05) is 21.6 Å². The maximum Gasteiger partial charge on any atom is 0.305 e. The van der Waals surface area contributed by atoms with E-state index in [0.29, 0.717) is 18.1 Å². The van der Waals surface area contributed by atoms with E-state index in [0.717, 1.165) is 12.8 Å². The molecule has 1 unspecified atom stereocenters. The first-order valence-electron chi connectivity index (χ1n) is 5.32. The van der Waals surface area contributed by atoms with E-state index in [2.05, 4.69) is 4.74 Å². The van der Waals surface area contributed by atoms with Crippen molar-refractivity contribution in [2.45, 2.75) is 30.9 Å². The van der Waals surface area contributed by atoms with E-state index in [1.165, 1.54) is 12.2 Å². The van der Waals surface area contributed by atoms with Crippen molar-refractivity contribution in [3.8, 4) is 0 Å². The molecule has 0 radical (unpaired) electrons. The van der Waals surface area contributed by atoms with E-state index in [9.17, 15) is 9.59 Å². The summed E-state index contributed by atoms with van der Waals surface area (Å²) in [6, 6.07) is 0. The highest BCUT2D eigenvalue weighted by molar-refractivity contribution is 8.77. The summed E-state index contributed by atoms with van der Waals surface area (Å²) in [5.41, 5.74) is 0. The van der Waals surface area contributed by atoms with Crippen LogP contribution in [0.5, 0.6) is 0 Å². The van der Waals surface area contributed by atoms with Gasteiger partial charge in [-0.1, -0.05) is 21.6 Å². The van der Waals surface area contributed by atoms with Crippen LogP contribution in [0.1, 0.15) is 25.7 Å². The molecule has 0 aromatic rings. The molecule has 6 heteroatoms. The van der Waals surface area contributed by atoms with Gasteiger partial charge in [0, 0.05) is 17.4 Å². The van der Waals surface area contributed by atoms with Crippen molar-refractivity contribution in [2.75, 3.05) is 19.0 Å². The molecule has 1 rings (SSSR count). The van der Waals surface area contributed by atoms with Crippen LogP contribution in [0, 0.1) is 0 Å². The standard InChI is InChI=1S/C10H16O4S2/c11-8-13-5-6-14-10(12)3-1-2-9-4-7-15-16-9/h8-9H,1-7H2. The lowest BCUT2D eigenvalue weighted by Gasteiger charge is -2.07. The van der Waals surface area contributed by atoms with Crippen LogP contribution in [0.15, 0.2) is 0 Å². The van der Waals surface area contributed by atoms with Crippen molar-refractivity contribution in [1.82, 2.24) is 0 Å². The van der Waals surface area contributed by atoms with Crippen LogP contribution in [-0.2, 0) is 19.1 Å². The molecule has 1 heterocycles. The highest BCUT2D eigenvalue weighted by atomic mass is 33.1. The van der Waals surface area contributed by atoms with Crippen LogP contribution in [-0.4, -0.2) is 36.7 Å². The Bertz CT molecular complexity index is 217. The molecule has 0 aliphatic carbocycles. The molecular formula is C10H16O4S2. The maximum atomic E-state index is 11.2. The fourth-order valence-corrected chi connectivity index (χ4v) is 4.39. The van der Waals surface area contributed by atoms with Crippen LogP contribution in [0.25, 0.3) is 0 Å². The third kappa shape index (κ3) is 6.27. The average Bonchev–Trinajstić information content (AvgIpc) is 2.77. The normalized spacial score (nSPS) is 19.4. The van der Waals surface area contributed by atoms with Crippen molar-refractivity contribution < 1.29 is 19.1 Å². The van der Waals surface area contributed by atoms with E-state index < -0.39 is 0 Å². The van der Waals surface area contributed by atoms with Crippen LogP contribution in [0.3, 0.4) is 0 Å². The number of esters is 1. The van der Waals surface area contributed by atoms with Gasteiger partial charge in [0.1, 0.15) is 13.2 Å². The Kier molecular flexibility index (Phi) is 7.50. The minimum absolute atomic E-state index is 0.143. The molecule has 16 heavy (non-hydrogen) atoms. The Morgan fingerprint density at radius 2 is 2.31 bits per heavy atom. The first-order valence-corrected chi connectivity index (χ1v) is 7.70. The van der Waals surface area contributed by atoms with Crippen LogP contribution >= 0.6 is 21.6 Å².